The lowest BCUT2D eigenvalue weighted by atomic mass is 10.2. The molecule has 5 heteroatoms. The molecule has 1 N–H and O–H groups in total. The Hall–Kier alpha value is -2.04. The Balaban J connectivity index is 1.73. The summed E-state index contributed by atoms with van der Waals surface area (Å²) in [7, 11) is 0. The summed E-state index contributed by atoms with van der Waals surface area (Å²) in [6, 6.07) is 7.21. The number of benzene rings is 1. The van der Waals surface area contributed by atoms with Gasteiger partial charge in [-0.15, -0.1) is 0 Å². The molecule has 0 atom stereocenters. The Labute approximate surface area is 131 Å². The van der Waals surface area contributed by atoms with Gasteiger partial charge in [-0.05, 0) is 37.5 Å². The maximum absolute atomic E-state index is 12.1. The minimum absolute atomic E-state index is 0.102. The van der Waals surface area contributed by atoms with Crippen molar-refractivity contribution in [1.82, 2.24) is 10.2 Å². The predicted molar refractivity (Wildman–Crippen MR) is 85.0 cm³/mol. The van der Waals surface area contributed by atoms with Crippen molar-refractivity contribution in [3.8, 4) is 5.75 Å². The van der Waals surface area contributed by atoms with Gasteiger partial charge in [0.25, 0.3) is 5.91 Å². The zero-order valence-corrected chi connectivity index (χ0v) is 13.1. The van der Waals surface area contributed by atoms with E-state index in [0.717, 1.165) is 38.1 Å². The van der Waals surface area contributed by atoms with Gasteiger partial charge in [0.2, 0.25) is 5.91 Å². The fourth-order valence-corrected chi connectivity index (χ4v) is 2.46. The first-order valence-corrected chi connectivity index (χ1v) is 7.99. The van der Waals surface area contributed by atoms with Gasteiger partial charge in [-0.1, -0.05) is 13.0 Å². The lowest BCUT2D eigenvalue weighted by molar-refractivity contribution is -0.127. The van der Waals surface area contributed by atoms with Crippen LogP contribution in [0.2, 0.25) is 0 Å². The fraction of sp³-hybridized carbons (Fsp3) is 0.529. The maximum atomic E-state index is 12.1. The molecule has 2 amide bonds. The van der Waals surface area contributed by atoms with E-state index in [1.165, 1.54) is 0 Å². The van der Waals surface area contributed by atoms with E-state index in [0.29, 0.717) is 25.1 Å². The Morgan fingerprint density at radius 2 is 2.27 bits per heavy atom. The van der Waals surface area contributed by atoms with Crippen molar-refractivity contribution in [2.24, 2.45) is 0 Å². The van der Waals surface area contributed by atoms with Crippen LogP contribution in [0.25, 0.3) is 0 Å². The summed E-state index contributed by atoms with van der Waals surface area (Å²) in [6.45, 7) is 4.83. The van der Waals surface area contributed by atoms with Gasteiger partial charge in [0.05, 0.1) is 6.61 Å². The standard InChI is InChI=1S/C17H24N2O3/c1-2-12-22-15-7-3-6-14(13-15)17(21)18-9-5-11-19-10-4-8-16(19)20/h3,6-7,13H,2,4-5,8-12H2,1H3,(H,18,21). The first kappa shape index (κ1) is 16.3. The lowest BCUT2D eigenvalue weighted by Gasteiger charge is -2.15. The molecule has 0 unspecified atom stereocenters. The molecule has 2 rings (SSSR count). The molecule has 1 saturated heterocycles. The van der Waals surface area contributed by atoms with Crippen LogP contribution in [0.1, 0.15) is 43.0 Å². The number of ether oxygens (including phenoxy) is 1. The number of amides is 2. The highest BCUT2D eigenvalue weighted by atomic mass is 16.5. The molecule has 0 saturated carbocycles. The summed E-state index contributed by atoms with van der Waals surface area (Å²) in [5, 5.41) is 2.89. The van der Waals surface area contributed by atoms with Gasteiger partial charge < -0.3 is 15.0 Å². The highest BCUT2D eigenvalue weighted by molar-refractivity contribution is 5.94. The number of nitrogens with one attached hydrogen (secondary N) is 1. The molecule has 1 aromatic rings. The number of carbonyl (C=O) groups is 2. The molecular formula is C17H24N2O3. The molecule has 0 radical (unpaired) electrons. The van der Waals surface area contributed by atoms with Crippen LogP contribution >= 0.6 is 0 Å². The molecule has 1 aromatic carbocycles. The number of rotatable bonds is 8. The van der Waals surface area contributed by atoms with Crippen molar-refractivity contribution >= 4 is 11.8 Å². The van der Waals surface area contributed by atoms with E-state index >= 15 is 0 Å². The van der Waals surface area contributed by atoms with Gasteiger partial charge >= 0.3 is 0 Å². The third-order valence-electron chi connectivity index (χ3n) is 3.63. The van der Waals surface area contributed by atoms with Crippen molar-refractivity contribution in [1.29, 1.82) is 0 Å². The average molecular weight is 304 g/mol. The molecule has 0 aliphatic carbocycles. The third-order valence-corrected chi connectivity index (χ3v) is 3.63. The number of hydrogen-bond donors (Lipinski definition) is 1. The lowest BCUT2D eigenvalue weighted by Crippen LogP contribution is -2.30. The van der Waals surface area contributed by atoms with Crippen LogP contribution in [0.4, 0.5) is 0 Å². The molecule has 120 valence electrons. The highest BCUT2D eigenvalue weighted by Crippen LogP contribution is 2.13. The smallest absolute Gasteiger partial charge is 0.251 e. The normalized spacial score (nSPS) is 14.2. The Kier molecular flexibility index (Phi) is 6.25. The van der Waals surface area contributed by atoms with Gasteiger partial charge in [-0.25, -0.2) is 0 Å². The highest BCUT2D eigenvalue weighted by Gasteiger charge is 2.19. The molecule has 0 aromatic heterocycles. The maximum Gasteiger partial charge on any atom is 0.251 e. The van der Waals surface area contributed by atoms with E-state index in [4.69, 9.17) is 4.74 Å². The third kappa shape index (κ3) is 4.76. The molecule has 5 nitrogen and oxygen atoms in total. The Bertz CT molecular complexity index is 516. The van der Waals surface area contributed by atoms with Crippen LogP contribution in [-0.4, -0.2) is 43.0 Å². The number of hydrogen-bond acceptors (Lipinski definition) is 3. The van der Waals surface area contributed by atoms with Crippen LogP contribution in [0.5, 0.6) is 5.75 Å². The van der Waals surface area contributed by atoms with Crippen molar-refractivity contribution in [2.75, 3.05) is 26.2 Å². The largest absolute Gasteiger partial charge is 0.494 e. The number of likely N-dealkylation sites (tertiary alicyclic amines) is 1. The molecule has 0 spiro atoms. The molecule has 1 fully saturated rings. The second-order valence-corrected chi connectivity index (χ2v) is 5.47. The quantitative estimate of drug-likeness (QED) is 0.749. The summed E-state index contributed by atoms with van der Waals surface area (Å²) in [5.74, 6) is 0.846. The monoisotopic (exact) mass is 304 g/mol. The zero-order chi connectivity index (χ0) is 15.8. The molecular weight excluding hydrogens is 280 g/mol. The van der Waals surface area contributed by atoms with Crippen LogP contribution in [0, 0.1) is 0 Å². The average Bonchev–Trinajstić information content (AvgIpc) is 2.95. The summed E-state index contributed by atoms with van der Waals surface area (Å²) >= 11 is 0. The minimum Gasteiger partial charge on any atom is -0.494 e. The van der Waals surface area contributed by atoms with Crippen LogP contribution in [-0.2, 0) is 4.79 Å². The summed E-state index contributed by atoms with van der Waals surface area (Å²) in [5.41, 5.74) is 0.603. The summed E-state index contributed by atoms with van der Waals surface area (Å²) in [4.78, 5) is 25.4. The van der Waals surface area contributed by atoms with Gasteiger partial charge in [-0.2, -0.15) is 0 Å². The number of nitrogens with zero attached hydrogens (tertiary/aromatic N) is 1. The van der Waals surface area contributed by atoms with Gasteiger partial charge in [0.1, 0.15) is 5.75 Å². The zero-order valence-electron chi connectivity index (χ0n) is 13.1. The molecule has 1 heterocycles. The second-order valence-electron chi connectivity index (χ2n) is 5.47. The SMILES string of the molecule is CCCOc1cccc(C(=O)NCCCN2CCCC2=O)c1. The first-order valence-electron chi connectivity index (χ1n) is 7.99. The Morgan fingerprint density at radius 3 is 3.00 bits per heavy atom. The van der Waals surface area contributed by atoms with E-state index in [1.54, 1.807) is 12.1 Å². The predicted octanol–water partition coefficient (Wildman–Crippen LogP) is 2.22. The van der Waals surface area contributed by atoms with Crippen LogP contribution < -0.4 is 10.1 Å². The van der Waals surface area contributed by atoms with Crippen molar-refractivity contribution in [3.63, 3.8) is 0 Å². The van der Waals surface area contributed by atoms with Crippen LogP contribution in [0.15, 0.2) is 24.3 Å². The van der Waals surface area contributed by atoms with Gasteiger partial charge in [0, 0.05) is 31.6 Å². The van der Waals surface area contributed by atoms with Crippen molar-refractivity contribution < 1.29 is 14.3 Å². The van der Waals surface area contributed by atoms with E-state index < -0.39 is 0 Å². The van der Waals surface area contributed by atoms with E-state index in [9.17, 15) is 9.59 Å². The molecule has 1 aliphatic heterocycles. The fourth-order valence-electron chi connectivity index (χ4n) is 2.46. The Morgan fingerprint density at radius 1 is 1.41 bits per heavy atom. The molecule has 1 aliphatic rings. The van der Waals surface area contributed by atoms with Gasteiger partial charge in [0.15, 0.2) is 0 Å². The number of carbonyl (C=O) groups excluding carboxylic acids is 2. The summed E-state index contributed by atoms with van der Waals surface area (Å²) in [6.07, 6.45) is 3.34. The summed E-state index contributed by atoms with van der Waals surface area (Å²) < 4.78 is 5.53. The van der Waals surface area contributed by atoms with E-state index in [1.807, 2.05) is 24.0 Å². The van der Waals surface area contributed by atoms with Crippen molar-refractivity contribution in [2.45, 2.75) is 32.6 Å². The van der Waals surface area contributed by atoms with Crippen LogP contribution in [0.3, 0.4) is 0 Å². The minimum atomic E-state index is -0.102. The second kappa shape index (κ2) is 8.41. The van der Waals surface area contributed by atoms with Crippen molar-refractivity contribution in [3.05, 3.63) is 29.8 Å². The van der Waals surface area contributed by atoms with E-state index in [2.05, 4.69) is 5.32 Å². The topological polar surface area (TPSA) is 58.6 Å². The molecule has 0 bridgehead atoms. The first-order chi connectivity index (χ1) is 10.7. The van der Waals surface area contributed by atoms with Gasteiger partial charge in [-0.3, -0.25) is 9.59 Å². The molecule has 22 heavy (non-hydrogen) atoms. The van der Waals surface area contributed by atoms with E-state index in [-0.39, 0.29) is 11.8 Å².